The number of hydrogen-bond acceptors (Lipinski definition) is 3. The van der Waals surface area contributed by atoms with Gasteiger partial charge in [-0.3, -0.25) is 4.99 Å². The fraction of sp³-hybridized carbons (Fsp3) is 0.889. The molecule has 0 amide bonds. The Hall–Kier alpha value is -0.570. The molecule has 0 bridgehead atoms. The van der Waals surface area contributed by atoms with Gasteiger partial charge in [0.25, 0.3) is 0 Å². The van der Waals surface area contributed by atoms with Crippen molar-refractivity contribution in [1.82, 2.24) is 0 Å². The first kappa shape index (κ1) is 9.52. The van der Waals surface area contributed by atoms with Crippen molar-refractivity contribution in [3.63, 3.8) is 0 Å². The summed E-state index contributed by atoms with van der Waals surface area (Å²) in [6.45, 7) is 2.56. The Morgan fingerprint density at radius 2 is 1.92 bits per heavy atom. The summed E-state index contributed by atoms with van der Waals surface area (Å²) in [5.74, 6) is 0.817. The lowest BCUT2D eigenvalue weighted by molar-refractivity contribution is 0.129. The number of rotatable bonds is 0. The highest BCUT2D eigenvalue weighted by Gasteiger charge is 1.96. The predicted octanol–water partition coefficient (Wildman–Crippen LogP) is 1.32. The molecular weight excluding hydrogens is 152 g/mol. The molecule has 1 heterocycles. The molecule has 3 heteroatoms. The van der Waals surface area contributed by atoms with Crippen LogP contribution in [-0.2, 0) is 4.74 Å². The van der Waals surface area contributed by atoms with Crippen molar-refractivity contribution in [3.05, 3.63) is 0 Å². The second kappa shape index (κ2) is 6.00. The third-order valence-electron chi connectivity index (χ3n) is 1.98. The summed E-state index contributed by atoms with van der Waals surface area (Å²) >= 11 is 0. The molecule has 0 saturated carbocycles. The van der Waals surface area contributed by atoms with E-state index in [0.29, 0.717) is 0 Å². The summed E-state index contributed by atoms with van der Waals surface area (Å²) in [5.41, 5.74) is 5.68. The van der Waals surface area contributed by atoms with Crippen molar-refractivity contribution in [3.8, 4) is 0 Å². The highest BCUT2D eigenvalue weighted by Crippen LogP contribution is 2.02. The molecule has 0 aromatic heterocycles. The van der Waals surface area contributed by atoms with E-state index < -0.39 is 0 Å². The Morgan fingerprint density at radius 3 is 2.83 bits per heavy atom. The molecular formula is C9H18N2O. The van der Waals surface area contributed by atoms with Crippen LogP contribution in [0.15, 0.2) is 4.99 Å². The number of nitrogens with zero attached hydrogens (tertiary/aromatic N) is 1. The smallest absolute Gasteiger partial charge is 0.0937 e. The van der Waals surface area contributed by atoms with Gasteiger partial charge in [-0.1, -0.05) is 6.42 Å². The Bertz CT molecular complexity index is 145. The molecule has 0 aromatic rings. The lowest BCUT2D eigenvalue weighted by atomic mass is 10.2. The van der Waals surface area contributed by atoms with Crippen LogP contribution in [0.4, 0.5) is 0 Å². The molecule has 1 rings (SSSR count). The molecule has 0 radical (unpaired) electrons. The minimum Gasteiger partial charge on any atom is -0.387 e. The first-order chi connectivity index (χ1) is 5.89. The van der Waals surface area contributed by atoms with Gasteiger partial charge in [-0.05, 0) is 19.3 Å². The molecule has 0 aliphatic carbocycles. The quantitative estimate of drug-likeness (QED) is 0.596. The standard InChI is InChI=1S/C9H18N2O/c10-9-5-2-1-3-7-12-8-4-6-11-9/h1-8H2,(H2,10,11). The summed E-state index contributed by atoms with van der Waals surface area (Å²) in [7, 11) is 0. The Balaban J connectivity index is 2.25. The van der Waals surface area contributed by atoms with Gasteiger partial charge >= 0.3 is 0 Å². The fourth-order valence-corrected chi connectivity index (χ4v) is 1.26. The third kappa shape index (κ3) is 4.34. The second-order valence-corrected chi connectivity index (χ2v) is 3.15. The maximum atomic E-state index is 5.68. The topological polar surface area (TPSA) is 47.6 Å². The highest BCUT2D eigenvalue weighted by molar-refractivity contribution is 5.80. The van der Waals surface area contributed by atoms with Gasteiger partial charge in [-0.25, -0.2) is 0 Å². The van der Waals surface area contributed by atoms with Crippen LogP contribution in [0, 0.1) is 0 Å². The zero-order valence-electron chi connectivity index (χ0n) is 7.59. The molecule has 0 spiro atoms. The van der Waals surface area contributed by atoms with E-state index in [1.165, 1.54) is 6.42 Å². The van der Waals surface area contributed by atoms with Crippen molar-refractivity contribution >= 4 is 5.84 Å². The number of nitrogens with two attached hydrogens (primary N) is 1. The molecule has 2 N–H and O–H groups in total. The van der Waals surface area contributed by atoms with Gasteiger partial charge in [0.2, 0.25) is 0 Å². The number of aliphatic imine (C=N–C) groups is 1. The number of ether oxygens (including phenoxy) is 1. The molecule has 0 aromatic carbocycles. The maximum absolute atomic E-state index is 5.68. The van der Waals surface area contributed by atoms with Crippen LogP contribution < -0.4 is 5.73 Å². The lowest BCUT2D eigenvalue weighted by Gasteiger charge is -2.00. The van der Waals surface area contributed by atoms with Crippen molar-refractivity contribution in [2.45, 2.75) is 32.1 Å². The average molecular weight is 170 g/mol. The molecule has 12 heavy (non-hydrogen) atoms. The Kier molecular flexibility index (Phi) is 4.76. The van der Waals surface area contributed by atoms with Crippen LogP contribution in [0.2, 0.25) is 0 Å². The van der Waals surface area contributed by atoms with Crippen molar-refractivity contribution in [1.29, 1.82) is 0 Å². The molecule has 0 atom stereocenters. The van der Waals surface area contributed by atoms with Crippen molar-refractivity contribution < 1.29 is 4.74 Å². The monoisotopic (exact) mass is 170 g/mol. The molecule has 70 valence electrons. The Labute approximate surface area is 74.0 Å². The van der Waals surface area contributed by atoms with Gasteiger partial charge < -0.3 is 10.5 Å². The van der Waals surface area contributed by atoms with Crippen LogP contribution >= 0.6 is 0 Å². The van der Waals surface area contributed by atoms with E-state index in [2.05, 4.69) is 4.99 Å². The SMILES string of the molecule is N/C1=N\CCCOCCCCC1. The van der Waals surface area contributed by atoms with Crippen LogP contribution in [-0.4, -0.2) is 25.6 Å². The largest absolute Gasteiger partial charge is 0.387 e. The summed E-state index contributed by atoms with van der Waals surface area (Å²) in [6, 6.07) is 0. The Morgan fingerprint density at radius 1 is 1.08 bits per heavy atom. The predicted molar refractivity (Wildman–Crippen MR) is 50.4 cm³/mol. The van der Waals surface area contributed by atoms with Gasteiger partial charge in [0.1, 0.15) is 0 Å². The average Bonchev–Trinajstić information content (AvgIpc) is 2.11. The minimum absolute atomic E-state index is 0.817. The fourth-order valence-electron chi connectivity index (χ4n) is 1.26. The number of hydrogen-bond donors (Lipinski definition) is 1. The first-order valence-electron chi connectivity index (χ1n) is 4.76. The molecule has 3 nitrogen and oxygen atoms in total. The van der Waals surface area contributed by atoms with E-state index in [1.54, 1.807) is 0 Å². The van der Waals surface area contributed by atoms with Gasteiger partial charge in [0.05, 0.1) is 5.84 Å². The zero-order chi connectivity index (χ0) is 8.65. The first-order valence-corrected chi connectivity index (χ1v) is 4.76. The molecule has 0 saturated heterocycles. The van der Waals surface area contributed by atoms with E-state index in [1.807, 2.05) is 0 Å². The highest BCUT2D eigenvalue weighted by atomic mass is 16.5. The lowest BCUT2D eigenvalue weighted by Crippen LogP contribution is -2.12. The van der Waals surface area contributed by atoms with Gasteiger partial charge in [0, 0.05) is 26.2 Å². The molecule has 0 fully saturated rings. The van der Waals surface area contributed by atoms with Crippen LogP contribution in [0.5, 0.6) is 0 Å². The van der Waals surface area contributed by atoms with E-state index in [9.17, 15) is 0 Å². The number of amidine groups is 1. The molecule has 1 aliphatic rings. The van der Waals surface area contributed by atoms with Crippen LogP contribution in [0.1, 0.15) is 32.1 Å². The van der Waals surface area contributed by atoms with E-state index in [4.69, 9.17) is 10.5 Å². The zero-order valence-corrected chi connectivity index (χ0v) is 7.59. The van der Waals surface area contributed by atoms with Crippen molar-refractivity contribution in [2.24, 2.45) is 10.7 Å². The van der Waals surface area contributed by atoms with Gasteiger partial charge in [0.15, 0.2) is 0 Å². The van der Waals surface area contributed by atoms with Crippen molar-refractivity contribution in [2.75, 3.05) is 19.8 Å². The maximum Gasteiger partial charge on any atom is 0.0937 e. The van der Waals surface area contributed by atoms with Gasteiger partial charge in [-0.2, -0.15) is 0 Å². The van der Waals surface area contributed by atoms with Crippen LogP contribution in [0.3, 0.4) is 0 Å². The summed E-state index contributed by atoms with van der Waals surface area (Å²) in [6.07, 6.45) is 5.48. The third-order valence-corrected chi connectivity index (χ3v) is 1.98. The molecule has 1 aliphatic heterocycles. The van der Waals surface area contributed by atoms with E-state index >= 15 is 0 Å². The summed E-state index contributed by atoms with van der Waals surface area (Å²) < 4.78 is 5.39. The second-order valence-electron chi connectivity index (χ2n) is 3.15. The summed E-state index contributed by atoms with van der Waals surface area (Å²) in [5, 5.41) is 0. The van der Waals surface area contributed by atoms with E-state index in [0.717, 1.165) is 51.3 Å². The molecule has 0 unspecified atom stereocenters. The minimum atomic E-state index is 0.817. The van der Waals surface area contributed by atoms with E-state index in [-0.39, 0.29) is 0 Å². The summed E-state index contributed by atoms with van der Waals surface area (Å²) in [4.78, 5) is 4.24. The normalized spacial score (nSPS) is 26.8. The van der Waals surface area contributed by atoms with Gasteiger partial charge in [-0.15, -0.1) is 0 Å². The van der Waals surface area contributed by atoms with Crippen LogP contribution in [0.25, 0.3) is 0 Å².